The molecule has 1 saturated heterocycles. The molecule has 39 heavy (non-hydrogen) atoms. The molecule has 1 aliphatic heterocycles. The summed E-state index contributed by atoms with van der Waals surface area (Å²) in [6, 6.07) is 22.2. The number of piperidine rings is 1. The van der Waals surface area contributed by atoms with E-state index in [2.05, 4.69) is 10.0 Å². The number of hydrogen-bond acceptors (Lipinski definition) is 6. The fourth-order valence-corrected chi connectivity index (χ4v) is 7.06. The fourth-order valence-electron chi connectivity index (χ4n) is 4.46. The zero-order valence-electron chi connectivity index (χ0n) is 21.7. The van der Waals surface area contributed by atoms with Crippen LogP contribution in [0.4, 0.5) is 11.4 Å². The van der Waals surface area contributed by atoms with Gasteiger partial charge in [0.15, 0.2) is 0 Å². The molecule has 0 unspecified atom stereocenters. The Labute approximate surface area is 230 Å². The molecule has 0 aromatic heterocycles. The summed E-state index contributed by atoms with van der Waals surface area (Å²) in [7, 11) is -5.65. The van der Waals surface area contributed by atoms with Gasteiger partial charge in [-0.3, -0.25) is 9.52 Å². The summed E-state index contributed by atoms with van der Waals surface area (Å²) in [4.78, 5) is 12.9. The first-order valence-corrected chi connectivity index (χ1v) is 15.8. The molecular formula is C28H33N3O6S2. The summed E-state index contributed by atoms with van der Waals surface area (Å²) < 4.78 is 60.0. The van der Waals surface area contributed by atoms with Crippen LogP contribution in [0.2, 0.25) is 0 Å². The van der Waals surface area contributed by atoms with E-state index < -0.39 is 20.0 Å². The third-order valence-electron chi connectivity index (χ3n) is 6.70. The third-order valence-corrected chi connectivity index (χ3v) is 10.1. The lowest BCUT2D eigenvalue weighted by molar-refractivity contribution is -0.120. The highest BCUT2D eigenvalue weighted by Crippen LogP contribution is 2.24. The van der Waals surface area contributed by atoms with Gasteiger partial charge in [-0.2, -0.15) is 0 Å². The molecule has 1 heterocycles. The first-order chi connectivity index (χ1) is 18.7. The summed E-state index contributed by atoms with van der Waals surface area (Å²) >= 11 is 0. The number of methoxy groups -OCH3 is 1. The highest BCUT2D eigenvalue weighted by Gasteiger charge is 2.31. The summed E-state index contributed by atoms with van der Waals surface area (Å²) in [6.07, 6.45) is 2.12. The van der Waals surface area contributed by atoms with E-state index in [1.165, 1.54) is 35.7 Å². The zero-order valence-corrected chi connectivity index (χ0v) is 23.4. The maximum atomic E-state index is 12.8. The van der Waals surface area contributed by atoms with E-state index in [1.807, 2.05) is 30.3 Å². The normalized spacial score (nSPS) is 15.0. The molecule has 0 spiro atoms. The number of rotatable bonds is 11. The van der Waals surface area contributed by atoms with Crippen molar-refractivity contribution in [2.24, 2.45) is 5.92 Å². The first kappa shape index (κ1) is 28.6. The second-order valence-corrected chi connectivity index (χ2v) is 13.2. The summed E-state index contributed by atoms with van der Waals surface area (Å²) in [5.74, 6) is 0.176. The van der Waals surface area contributed by atoms with Gasteiger partial charge in [0.25, 0.3) is 10.0 Å². The maximum absolute atomic E-state index is 12.8. The fraction of sp³-hybridized carbons (Fsp3) is 0.321. The molecule has 3 aromatic rings. The van der Waals surface area contributed by atoms with Crippen LogP contribution in [0.15, 0.2) is 83.8 Å². The van der Waals surface area contributed by atoms with Crippen LogP contribution in [0.1, 0.15) is 24.8 Å². The minimum atomic E-state index is -3.81. The van der Waals surface area contributed by atoms with Crippen molar-refractivity contribution in [3.8, 4) is 5.75 Å². The smallest absolute Gasteiger partial charge is 0.261 e. The first-order valence-electron chi connectivity index (χ1n) is 12.8. The monoisotopic (exact) mass is 571 g/mol. The van der Waals surface area contributed by atoms with Gasteiger partial charge >= 0.3 is 0 Å². The molecule has 0 aliphatic carbocycles. The lowest BCUT2D eigenvalue weighted by atomic mass is 9.97. The number of hydrogen-bond donors (Lipinski definition) is 2. The van der Waals surface area contributed by atoms with E-state index in [1.54, 1.807) is 24.3 Å². The number of nitrogens with one attached hydrogen (secondary N) is 2. The number of ether oxygens (including phenoxy) is 1. The summed E-state index contributed by atoms with van der Waals surface area (Å²) in [5, 5.41) is 2.82. The van der Waals surface area contributed by atoms with Crippen molar-refractivity contribution in [1.82, 2.24) is 4.31 Å². The highest BCUT2D eigenvalue weighted by atomic mass is 32.2. The lowest BCUT2D eigenvalue weighted by Gasteiger charge is -2.30. The van der Waals surface area contributed by atoms with Gasteiger partial charge in [-0.15, -0.1) is 0 Å². The largest absolute Gasteiger partial charge is 0.497 e. The van der Waals surface area contributed by atoms with E-state index in [0.29, 0.717) is 55.9 Å². The second kappa shape index (κ2) is 12.6. The predicted molar refractivity (Wildman–Crippen MR) is 152 cm³/mol. The maximum Gasteiger partial charge on any atom is 0.261 e. The number of sulfonamides is 2. The van der Waals surface area contributed by atoms with Crippen LogP contribution in [0.3, 0.4) is 0 Å². The van der Waals surface area contributed by atoms with Crippen LogP contribution in [-0.2, 0) is 31.3 Å². The van der Waals surface area contributed by atoms with Crippen molar-refractivity contribution in [3.63, 3.8) is 0 Å². The quantitative estimate of drug-likeness (QED) is 0.357. The van der Waals surface area contributed by atoms with Gasteiger partial charge in [-0.25, -0.2) is 21.1 Å². The molecule has 9 nitrogen and oxygen atoms in total. The van der Waals surface area contributed by atoms with Crippen molar-refractivity contribution in [3.05, 3.63) is 84.4 Å². The van der Waals surface area contributed by atoms with E-state index in [-0.39, 0.29) is 22.5 Å². The second-order valence-electron chi connectivity index (χ2n) is 9.43. The standard InChI is InChI=1S/C28H33N3O6S2/c1-37-26-13-9-25(10-14-26)30-39(35,36)27-15-11-24(12-16-27)29-28(32)23-17-19-31(20-18-23)38(33,34)21-5-8-22-6-3-2-4-7-22/h2-4,6-7,9-16,23,30H,5,8,17-21H2,1H3,(H,29,32). The number of amides is 1. The Bertz CT molecular complexity index is 1450. The van der Waals surface area contributed by atoms with E-state index in [0.717, 1.165) is 5.56 Å². The molecule has 1 amide bonds. The van der Waals surface area contributed by atoms with Crippen molar-refractivity contribution in [2.45, 2.75) is 30.6 Å². The van der Waals surface area contributed by atoms with Crippen LogP contribution in [-0.4, -0.2) is 53.0 Å². The average Bonchev–Trinajstić information content (AvgIpc) is 2.94. The van der Waals surface area contributed by atoms with Crippen LogP contribution < -0.4 is 14.8 Å². The minimum absolute atomic E-state index is 0.0575. The van der Waals surface area contributed by atoms with E-state index in [9.17, 15) is 21.6 Å². The number of aryl methyl sites for hydroxylation is 1. The number of nitrogens with zero attached hydrogens (tertiary/aromatic N) is 1. The topological polar surface area (TPSA) is 122 Å². The molecule has 0 bridgehead atoms. The molecule has 0 radical (unpaired) electrons. The van der Waals surface area contributed by atoms with Gasteiger partial charge in [-0.1, -0.05) is 30.3 Å². The molecule has 208 valence electrons. The number of benzene rings is 3. The Balaban J connectivity index is 1.25. The Kier molecular flexibility index (Phi) is 9.26. The van der Waals surface area contributed by atoms with Gasteiger partial charge in [0.1, 0.15) is 5.75 Å². The molecule has 11 heteroatoms. The third kappa shape index (κ3) is 7.81. The van der Waals surface area contributed by atoms with Gasteiger partial charge in [-0.05, 0) is 79.8 Å². The van der Waals surface area contributed by atoms with E-state index in [4.69, 9.17) is 4.74 Å². The van der Waals surface area contributed by atoms with E-state index >= 15 is 0 Å². The SMILES string of the molecule is COc1ccc(NS(=O)(=O)c2ccc(NC(=O)C3CCN(S(=O)(=O)CCCc4ccccc4)CC3)cc2)cc1. The molecule has 0 atom stereocenters. The lowest BCUT2D eigenvalue weighted by Crippen LogP contribution is -2.42. The van der Waals surface area contributed by atoms with Gasteiger partial charge in [0, 0.05) is 30.4 Å². The van der Waals surface area contributed by atoms with Crippen LogP contribution in [0.25, 0.3) is 0 Å². The van der Waals surface area contributed by atoms with Gasteiger partial charge < -0.3 is 10.1 Å². The minimum Gasteiger partial charge on any atom is -0.497 e. The average molecular weight is 572 g/mol. The Morgan fingerprint density at radius 1 is 0.872 bits per heavy atom. The molecule has 2 N–H and O–H groups in total. The molecule has 0 saturated carbocycles. The highest BCUT2D eigenvalue weighted by molar-refractivity contribution is 7.92. The molecule has 4 rings (SSSR count). The predicted octanol–water partition coefficient (Wildman–Crippen LogP) is 4.11. The zero-order chi connectivity index (χ0) is 27.9. The Morgan fingerprint density at radius 2 is 1.49 bits per heavy atom. The molecule has 3 aromatic carbocycles. The Hall–Kier alpha value is -3.41. The van der Waals surface area contributed by atoms with Crippen LogP contribution in [0.5, 0.6) is 5.75 Å². The molecule has 1 aliphatic rings. The number of anilines is 2. The van der Waals surface area contributed by atoms with Gasteiger partial charge in [0.2, 0.25) is 15.9 Å². The van der Waals surface area contributed by atoms with Crippen molar-refractivity contribution < 1.29 is 26.4 Å². The Morgan fingerprint density at radius 3 is 2.10 bits per heavy atom. The number of carbonyl (C=O) groups is 1. The van der Waals surface area contributed by atoms with Crippen molar-refractivity contribution in [1.29, 1.82) is 0 Å². The molecule has 1 fully saturated rings. The summed E-state index contributed by atoms with van der Waals surface area (Å²) in [5.41, 5.74) is 1.99. The van der Waals surface area contributed by atoms with Crippen LogP contribution in [0, 0.1) is 5.92 Å². The molecular weight excluding hydrogens is 538 g/mol. The van der Waals surface area contributed by atoms with Crippen molar-refractivity contribution >= 4 is 37.3 Å². The van der Waals surface area contributed by atoms with Crippen molar-refractivity contribution in [2.75, 3.05) is 36.0 Å². The summed E-state index contributed by atoms with van der Waals surface area (Å²) in [6.45, 7) is 0.611. The number of carbonyl (C=O) groups excluding carboxylic acids is 1. The van der Waals surface area contributed by atoms with Gasteiger partial charge in [0.05, 0.1) is 17.8 Å². The van der Waals surface area contributed by atoms with Crippen LogP contribution >= 0.6 is 0 Å².